The maximum Gasteiger partial charge on any atom is 0.146 e. The van der Waals surface area contributed by atoms with Crippen molar-refractivity contribution in [2.75, 3.05) is 0 Å². The number of aromatic hydroxyl groups is 1. The van der Waals surface area contributed by atoms with Crippen molar-refractivity contribution in [1.29, 1.82) is 0 Å². The lowest BCUT2D eigenvalue weighted by atomic mass is 10.2. The molecule has 0 radical (unpaired) electrons. The molecule has 0 spiro atoms. The second kappa shape index (κ2) is 4.86. The molecule has 96 valence electrons. The Kier molecular flexibility index (Phi) is 3.05. The standard InChI is InChI=1S/C15H11ClO3/c16-14-5-2-6-15-13(14)8-12(19-15)9-18-11-4-1-3-10(17)7-11/h1-8,17H,9H2. The average molecular weight is 275 g/mol. The molecule has 0 saturated heterocycles. The van der Waals surface area contributed by atoms with Crippen molar-refractivity contribution in [1.82, 2.24) is 0 Å². The molecule has 0 bridgehead atoms. The Morgan fingerprint density at radius 1 is 1.11 bits per heavy atom. The third kappa shape index (κ3) is 2.51. The van der Waals surface area contributed by atoms with E-state index in [4.69, 9.17) is 20.8 Å². The lowest BCUT2D eigenvalue weighted by Crippen LogP contribution is -1.92. The molecule has 0 unspecified atom stereocenters. The van der Waals surface area contributed by atoms with Crippen LogP contribution in [0, 0.1) is 0 Å². The molecule has 0 aliphatic rings. The SMILES string of the molecule is Oc1cccc(OCc2cc3c(Cl)cccc3o2)c1. The zero-order chi connectivity index (χ0) is 13.2. The van der Waals surface area contributed by atoms with Gasteiger partial charge in [0.25, 0.3) is 0 Å². The fraction of sp³-hybridized carbons (Fsp3) is 0.0667. The monoisotopic (exact) mass is 274 g/mol. The number of ether oxygens (including phenoxy) is 1. The molecule has 0 atom stereocenters. The van der Waals surface area contributed by atoms with E-state index < -0.39 is 0 Å². The number of halogens is 1. The Labute approximate surface area is 115 Å². The minimum Gasteiger partial charge on any atom is -0.508 e. The highest BCUT2D eigenvalue weighted by molar-refractivity contribution is 6.35. The van der Waals surface area contributed by atoms with Gasteiger partial charge in [-0.05, 0) is 30.3 Å². The summed E-state index contributed by atoms with van der Waals surface area (Å²) in [4.78, 5) is 0. The summed E-state index contributed by atoms with van der Waals surface area (Å²) in [6, 6.07) is 14.0. The predicted molar refractivity (Wildman–Crippen MR) is 73.7 cm³/mol. The van der Waals surface area contributed by atoms with Crippen molar-refractivity contribution in [3.63, 3.8) is 0 Å². The third-order valence-electron chi connectivity index (χ3n) is 2.76. The summed E-state index contributed by atoms with van der Waals surface area (Å²) in [5.74, 6) is 1.45. The molecule has 0 aliphatic carbocycles. The number of hydrogen-bond donors (Lipinski definition) is 1. The summed E-state index contributed by atoms with van der Waals surface area (Å²) in [6.45, 7) is 0.286. The summed E-state index contributed by atoms with van der Waals surface area (Å²) in [6.07, 6.45) is 0. The van der Waals surface area contributed by atoms with E-state index >= 15 is 0 Å². The molecule has 3 rings (SSSR count). The molecule has 0 fully saturated rings. The Morgan fingerprint density at radius 3 is 2.74 bits per heavy atom. The fourth-order valence-electron chi connectivity index (χ4n) is 1.88. The minimum absolute atomic E-state index is 0.171. The quantitative estimate of drug-likeness (QED) is 0.771. The van der Waals surface area contributed by atoms with Crippen LogP contribution in [0.2, 0.25) is 5.02 Å². The third-order valence-corrected chi connectivity index (χ3v) is 3.09. The van der Waals surface area contributed by atoms with Crippen LogP contribution in [-0.2, 0) is 6.61 Å². The largest absolute Gasteiger partial charge is 0.508 e. The van der Waals surface area contributed by atoms with Gasteiger partial charge in [-0.2, -0.15) is 0 Å². The normalized spacial score (nSPS) is 10.8. The second-order valence-electron chi connectivity index (χ2n) is 4.15. The van der Waals surface area contributed by atoms with Crippen LogP contribution in [0.1, 0.15) is 5.76 Å². The first-order valence-electron chi connectivity index (χ1n) is 5.81. The summed E-state index contributed by atoms with van der Waals surface area (Å²) in [5, 5.41) is 10.9. The van der Waals surface area contributed by atoms with Gasteiger partial charge in [-0.3, -0.25) is 0 Å². The first kappa shape index (κ1) is 11.9. The molecular weight excluding hydrogens is 264 g/mol. The molecule has 0 amide bonds. The Balaban J connectivity index is 1.80. The molecule has 3 nitrogen and oxygen atoms in total. The molecule has 0 saturated carbocycles. The first-order chi connectivity index (χ1) is 9.22. The van der Waals surface area contributed by atoms with Gasteiger partial charge in [-0.15, -0.1) is 0 Å². The van der Waals surface area contributed by atoms with Gasteiger partial charge in [-0.1, -0.05) is 23.7 Å². The van der Waals surface area contributed by atoms with Gasteiger partial charge >= 0.3 is 0 Å². The predicted octanol–water partition coefficient (Wildman–Crippen LogP) is 4.37. The topological polar surface area (TPSA) is 42.6 Å². The maximum atomic E-state index is 9.34. The minimum atomic E-state index is 0.171. The molecule has 1 aromatic heterocycles. The van der Waals surface area contributed by atoms with Crippen LogP contribution in [-0.4, -0.2) is 5.11 Å². The lowest BCUT2D eigenvalue weighted by molar-refractivity contribution is 0.273. The van der Waals surface area contributed by atoms with Crippen LogP contribution < -0.4 is 4.74 Å². The van der Waals surface area contributed by atoms with Gasteiger partial charge in [0.1, 0.15) is 29.4 Å². The number of phenols is 1. The summed E-state index contributed by atoms with van der Waals surface area (Å²) < 4.78 is 11.2. The van der Waals surface area contributed by atoms with Gasteiger partial charge in [-0.25, -0.2) is 0 Å². The number of rotatable bonds is 3. The Hall–Kier alpha value is -2.13. The van der Waals surface area contributed by atoms with E-state index in [2.05, 4.69) is 0 Å². The second-order valence-corrected chi connectivity index (χ2v) is 4.56. The van der Waals surface area contributed by atoms with Crippen molar-refractivity contribution in [3.8, 4) is 11.5 Å². The number of furan rings is 1. The van der Waals surface area contributed by atoms with Crippen LogP contribution in [0.4, 0.5) is 0 Å². The Morgan fingerprint density at radius 2 is 1.95 bits per heavy atom. The maximum absolute atomic E-state index is 9.34. The summed E-state index contributed by atoms with van der Waals surface area (Å²) in [5.41, 5.74) is 0.738. The summed E-state index contributed by atoms with van der Waals surface area (Å²) >= 11 is 6.07. The number of phenolic OH excluding ortho intramolecular Hbond substituents is 1. The fourth-order valence-corrected chi connectivity index (χ4v) is 2.10. The van der Waals surface area contributed by atoms with Crippen LogP contribution in [0.15, 0.2) is 52.9 Å². The molecule has 2 aromatic carbocycles. The van der Waals surface area contributed by atoms with Crippen molar-refractivity contribution >= 4 is 22.6 Å². The molecule has 4 heteroatoms. The zero-order valence-corrected chi connectivity index (χ0v) is 10.7. The van der Waals surface area contributed by atoms with E-state index in [0.717, 1.165) is 11.0 Å². The van der Waals surface area contributed by atoms with Gasteiger partial charge in [0.2, 0.25) is 0 Å². The summed E-state index contributed by atoms with van der Waals surface area (Å²) in [7, 11) is 0. The highest BCUT2D eigenvalue weighted by atomic mass is 35.5. The molecule has 1 heterocycles. The molecule has 1 N–H and O–H groups in total. The van der Waals surface area contributed by atoms with E-state index in [1.54, 1.807) is 24.3 Å². The molecule has 19 heavy (non-hydrogen) atoms. The van der Waals surface area contributed by atoms with Gasteiger partial charge in [0.15, 0.2) is 0 Å². The Bertz CT molecular complexity index is 718. The highest BCUT2D eigenvalue weighted by Crippen LogP contribution is 2.27. The van der Waals surface area contributed by atoms with E-state index in [1.165, 1.54) is 0 Å². The van der Waals surface area contributed by atoms with E-state index in [9.17, 15) is 5.11 Å². The van der Waals surface area contributed by atoms with Crippen LogP contribution in [0.5, 0.6) is 11.5 Å². The van der Waals surface area contributed by atoms with Crippen molar-refractivity contribution in [3.05, 3.63) is 59.3 Å². The average Bonchev–Trinajstić information content (AvgIpc) is 2.81. The van der Waals surface area contributed by atoms with Gasteiger partial charge in [0.05, 0.1) is 5.02 Å². The molecular formula is C15H11ClO3. The number of hydrogen-bond acceptors (Lipinski definition) is 3. The molecule has 3 aromatic rings. The van der Waals surface area contributed by atoms with Gasteiger partial charge in [0, 0.05) is 11.5 Å². The van der Waals surface area contributed by atoms with E-state index in [-0.39, 0.29) is 12.4 Å². The van der Waals surface area contributed by atoms with Crippen molar-refractivity contribution < 1.29 is 14.3 Å². The van der Waals surface area contributed by atoms with Crippen molar-refractivity contribution in [2.24, 2.45) is 0 Å². The highest BCUT2D eigenvalue weighted by Gasteiger charge is 2.07. The molecule has 0 aliphatic heterocycles. The lowest BCUT2D eigenvalue weighted by Gasteiger charge is -2.03. The smallest absolute Gasteiger partial charge is 0.146 e. The van der Waals surface area contributed by atoms with E-state index in [1.807, 2.05) is 24.3 Å². The number of benzene rings is 2. The van der Waals surface area contributed by atoms with E-state index in [0.29, 0.717) is 16.5 Å². The van der Waals surface area contributed by atoms with Crippen LogP contribution >= 0.6 is 11.6 Å². The van der Waals surface area contributed by atoms with Crippen LogP contribution in [0.3, 0.4) is 0 Å². The first-order valence-corrected chi connectivity index (χ1v) is 6.19. The van der Waals surface area contributed by atoms with Crippen LogP contribution in [0.25, 0.3) is 11.0 Å². The van der Waals surface area contributed by atoms with Crippen molar-refractivity contribution in [2.45, 2.75) is 6.61 Å². The van der Waals surface area contributed by atoms with Gasteiger partial charge < -0.3 is 14.3 Å². The number of fused-ring (bicyclic) bond motifs is 1. The zero-order valence-electron chi connectivity index (χ0n) is 9.97.